The predicted molar refractivity (Wildman–Crippen MR) is 62.1 cm³/mol. The van der Waals surface area contributed by atoms with Gasteiger partial charge < -0.3 is 13.9 Å². The number of nitrogens with zero attached hydrogens (tertiary/aromatic N) is 2. The highest BCUT2D eigenvalue weighted by Crippen LogP contribution is 2.19. The molecule has 0 aromatic carbocycles. The molecule has 0 aliphatic heterocycles. The van der Waals surface area contributed by atoms with Crippen LogP contribution >= 0.6 is 0 Å². The van der Waals surface area contributed by atoms with Crippen molar-refractivity contribution in [3.05, 3.63) is 29.7 Å². The summed E-state index contributed by atoms with van der Waals surface area (Å²) in [6.07, 6.45) is 4.89. The summed E-state index contributed by atoms with van der Waals surface area (Å²) in [7, 11) is 3.37. The van der Waals surface area contributed by atoms with E-state index < -0.39 is 0 Å². The van der Waals surface area contributed by atoms with Crippen molar-refractivity contribution in [3.63, 3.8) is 0 Å². The second-order valence-corrected chi connectivity index (χ2v) is 3.77. The number of aromatic nitrogens is 2. The minimum absolute atomic E-state index is 0.694. The number of rotatable bonds is 4. The van der Waals surface area contributed by atoms with E-state index in [-0.39, 0.29) is 0 Å². The molecule has 2 heterocycles. The van der Waals surface area contributed by atoms with Gasteiger partial charge in [-0.2, -0.15) is 0 Å². The molecule has 0 radical (unpaired) electrons. The van der Waals surface area contributed by atoms with E-state index in [2.05, 4.69) is 4.98 Å². The van der Waals surface area contributed by atoms with Crippen molar-refractivity contribution in [2.24, 2.45) is 0 Å². The predicted octanol–water partition coefficient (Wildman–Crippen LogP) is 1.84. The first kappa shape index (κ1) is 11.0. The molecule has 0 saturated carbocycles. The van der Waals surface area contributed by atoms with E-state index in [1.54, 1.807) is 14.2 Å². The van der Waals surface area contributed by atoms with E-state index in [4.69, 9.17) is 9.47 Å². The van der Waals surface area contributed by atoms with Gasteiger partial charge in [-0.15, -0.1) is 0 Å². The van der Waals surface area contributed by atoms with Gasteiger partial charge >= 0.3 is 0 Å². The van der Waals surface area contributed by atoms with Crippen LogP contribution in [-0.2, 0) is 11.2 Å². The summed E-state index contributed by atoms with van der Waals surface area (Å²) in [5.41, 5.74) is 3.05. The fourth-order valence-electron chi connectivity index (χ4n) is 1.72. The lowest BCUT2D eigenvalue weighted by Crippen LogP contribution is -1.93. The third-order valence-corrected chi connectivity index (χ3v) is 2.57. The first-order valence-corrected chi connectivity index (χ1v) is 5.25. The van der Waals surface area contributed by atoms with Crippen molar-refractivity contribution in [1.29, 1.82) is 0 Å². The Kier molecular flexibility index (Phi) is 3.10. The number of pyridine rings is 1. The molecule has 16 heavy (non-hydrogen) atoms. The standard InChI is InChI=1S/C12H16N2O2/c1-9-7-14-8-10(4-5-15-2)13-12(14)6-11(9)16-3/h6-8H,4-5H2,1-3H3. The van der Waals surface area contributed by atoms with Gasteiger partial charge in [0.15, 0.2) is 0 Å². The van der Waals surface area contributed by atoms with E-state index in [0.717, 1.165) is 29.1 Å². The Hall–Kier alpha value is -1.55. The first-order valence-electron chi connectivity index (χ1n) is 5.25. The maximum absolute atomic E-state index is 5.27. The van der Waals surface area contributed by atoms with Crippen LogP contribution in [0.2, 0.25) is 0 Å². The van der Waals surface area contributed by atoms with Gasteiger partial charge in [-0.05, 0) is 6.92 Å². The highest BCUT2D eigenvalue weighted by molar-refractivity contribution is 5.49. The molecule has 0 aliphatic carbocycles. The Morgan fingerprint density at radius 1 is 1.31 bits per heavy atom. The van der Waals surface area contributed by atoms with Gasteiger partial charge in [-0.25, -0.2) is 4.98 Å². The van der Waals surface area contributed by atoms with Crippen LogP contribution in [0.5, 0.6) is 5.75 Å². The summed E-state index contributed by atoms with van der Waals surface area (Å²) < 4.78 is 12.3. The minimum Gasteiger partial charge on any atom is -0.496 e. The summed E-state index contributed by atoms with van der Waals surface area (Å²) in [6, 6.07) is 1.95. The lowest BCUT2D eigenvalue weighted by atomic mass is 10.3. The van der Waals surface area contributed by atoms with Gasteiger partial charge in [0.05, 0.1) is 19.4 Å². The van der Waals surface area contributed by atoms with E-state index in [1.807, 2.05) is 29.8 Å². The Morgan fingerprint density at radius 2 is 2.12 bits per heavy atom. The molecule has 86 valence electrons. The molecule has 0 spiro atoms. The molecule has 0 bridgehead atoms. The Labute approximate surface area is 94.8 Å². The molecule has 2 rings (SSSR count). The summed E-state index contributed by atoms with van der Waals surface area (Å²) >= 11 is 0. The minimum atomic E-state index is 0.694. The molecule has 4 heteroatoms. The van der Waals surface area contributed by atoms with Crippen molar-refractivity contribution < 1.29 is 9.47 Å². The number of imidazole rings is 1. The normalized spacial score (nSPS) is 10.9. The summed E-state index contributed by atoms with van der Waals surface area (Å²) in [4.78, 5) is 4.50. The number of hydrogen-bond acceptors (Lipinski definition) is 3. The smallest absolute Gasteiger partial charge is 0.140 e. The highest BCUT2D eigenvalue weighted by Gasteiger charge is 2.05. The molecule has 4 nitrogen and oxygen atoms in total. The lowest BCUT2D eigenvalue weighted by Gasteiger charge is -2.04. The van der Waals surface area contributed by atoms with E-state index in [0.29, 0.717) is 6.61 Å². The molecular formula is C12H16N2O2. The van der Waals surface area contributed by atoms with Gasteiger partial charge in [0, 0.05) is 37.6 Å². The molecule has 0 N–H and O–H groups in total. The van der Waals surface area contributed by atoms with Gasteiger partial charge in [-0.3, -0.25) is 0 Å². The number of aryl methyl sites for hydroxylation is 1. The van der Waals surface area contributed by atoms with E-state index in [9.17, 15) is 0 Å². The zero-order valence-corrected chi connectivity index (χ0v) is 9.86. The van der Waals surface area contributed by atoms with Crippen LogP contribution in [0, 0.1) is 6.92 Å². The summed E-state index contributed by atoms with van der Waals surface area (Å²) in [5, 5.41) is 0. The average Bonchev–Trinajstić information content (AvgIpc) is 2.66. The Balaban J connectivity index is 2.37. The average molecular weight is 220 g/mol. The van der Waals surface area contributed by atoms with Crippen molar-refractivity contribution in [3.8, 4) is 5.75 Å². The van der Waals surface area contributed by atoms with Gasteiger partial charge in [0.25, 0.3) is 0 Å². The van der Waals surface area contributed by atoms with Gasteiger partial charge in [0.2, 0.25) is 0 Å². The highest BCUT2D eigenvalue weighted by atomic mass is 16.5. The number of ether oxygens (including phenoxy) is 2. The van der Waals surface area contributed by atoms with Gasteiger partial charge in [0.1, 0.15) is 11.4 Å². The topological polar surface area (TPSA) is 35.8 Å². The molecule has 2 aromatic rings. The third kappa shape index (κ3) is 2.02. The number of fused-ring (bicyclic) bond motifs is 1. The van der Waals surface area contributed by atoms with Crippen molar-refractivity contribution in [1.82, 2.24) is 9.38 Å². The molecule has 0 saturated heterocycles. The quantitative estimate of drug-likeness (QED) is 0.788. The lowest BCUT2D eigenvalue weighted by molar-refractivity contribution is 0.201. The fourth-order valence-corrected chi connectivity index (χ4v) is 1.72. The van der Waals surface area contributed by atoms with Crippen molar-refractivity contribution in [2.75, 3.05) is 20.8 Å². The maximum atomic E-state index is 5.27. The molecule has 0 aliphatic rings. The summed E-state index contributed by atoms with van der Waals surface area (Å²) in [6.45, 7) is 2.72. The van der Waals surface area contributed by atoms with Crippen LogP contribution in [0.4, 0.5) is 0 Å². The first-order chi connectivity index (χ1) is 7.74. The van der Waals surface area contributed by atoms with Crippen LogP contribution in [0.25, 0.3) is 5.65 Å². The molecule has 0 amide bonds. The van der Waals surface area contributed by atoms with Gasteiger partial charge in [-0.1, -0.05) is 0 Å². The van der Waals surface area contributed by atoms with Crippen LogP contribution in [0.15, 0.2) is 18.5 Å². The fraction of sp³-hybridized carbons (Fsp3) is 0.417. The monoisotopic (exact) mass is 220 g/mol. The Bertz CT molecular complexity index is 491. The number of methoxy groups -OCH3 is 2. The third-order valence-electron chi connectivity index (χ3n) is 2.57. The zero-order chi connectivity index (χ0) is 11.5. The van der Waals surface area contributed by atoms with Crippen LogP contribution in [-0.4, -0.2) is 30.2 Å². The van der Waals surface area contributed by atoms with Crippen LogP contribution < -0.4 is 4.74 Å². The van der Waals surface area contributed by atoms with Crippen LogP contribution in [0.1, 0.15) is 11.3 Å². The SMILES string of the molecule is COCCc1cn2cc(C)c(OC)cc2n1. The molecule has 0 atom stereocenters. The number of hydrogen-bond donors (Lipinski definition) is 0. The molecule has 0 unspecified atom stereocenters. The molecule has 2 aromatic heterocycles. The van der Waals surface area contributed by atoms with Crippen molar-refractivity contribution in [2.45, 2.75) is 13.3 Å². The largest absolute Gasteiger partial charge is 0.496 e. The maximum Gasteiger partial charge on any atom is 0.140 e. The van der Waals surface area contributed by atoms with Crippen LogP contribution in [0.3, 0.4) is 0 Å². The van der Waals surface area contributed by atoms with E-state index >= 15 is 0 Å². The molecular weight excluding hydrogens is 204 g/mol. The molecule has 0 fully saturated rings. The summed E-state index contributed by atoms with van der Waals surface area (Å²) in [5.74, 6) is 0.872. The van der Waals surface area contributed by atoms with Crippen molar-refractivity contribution >= 4 is 5.65 Å². The van der Waals surface area contributed by atoms with E-state index in [1.165, 1.54) is 0 Å². The Morgan fingerprint density at radius 3 is 2.81 bits per heavy atom. The second-order valence-electron chi connectivity index (χ2n) is 3.77. The second kappa shape index (κ2) is 4.53. The zero-order valence-electron chi connectivity index (χ0n) is 9.86.